The molecule has 0 aliphatic heterocycles. The number of benzene rings is 1. The maximum absolute atomic E-state index is 9.85. The van der Waals surface area contributed by atoms with Crippen molar-refractivity contribution in [1.29, 1.82) is 0 Å². The fourth-order valence-corrected chi connectivity index (χ4v) is 2.25. The summed E-state index contributed by atoms with van der Waals surface area (Å²) in [6.07, 6.45) is 3.57. The molecule has 0 saturated heterocycles. The molecule has 0 unspecified atom stereocenters. The number of methoxy groups -OCH3 is 1. The minimum absolute atomic E-state index is 0.0374. The molecule has 0 bridgehead atoms. The van der Waals surface area contributed by atoms with E-state index in [-0.39, 0.29) is 10.8 Å². The molecule has 2 N–H and O–H groups in total. The van der Waals surface area contributed by atoms with Crippen molar-refractivity contribution in [3.8, 4) is 5.75 Å². The number of anilines is 1. The van der Waals surface area contributed by atoms with Crippen molar-refractivity contribution in [2.75, 3.05) is 19.0 Å². The van der Waals surface area contributed by atoms with E-state index in [2.05, 4.69) is 10.4 Å². The van der Waals surface area contributed by atoms with Gasteiger partial charge in [0.2, 0.25) is 0 Å². The summed E-state index contributed by atoms with van der Waals surface area (Å²) in [7, 11) is 1.65. The van der Waals surface area contributed by atoms with Crippen LogP contribution in [0.5, 0.6) is 5.75 Å². The Labute approximate surface area is 127 Å². The van der Waals surface area contributed by atoms with Gasteiger partial charge in [-0.05, 0) is 12.1 Å². The zero-order valence-electron chi connectivity index (χ0n) is 10.9. The van der Waals surface area contributed by atoms with Gasteiger partial charge >= 0.3 is 0 Å². The number of nitrogens with one attached hydrogen (secondary N) is 1. The van der Waals surface area contributed by atoms with E-state index >= 15 is 0 Å². The number of rotatable bonds is 6. The van der Waals surface area contributed by atoms with E-state index in [0.29, 0.717) is 30.3 Å². The Kier molecular flexibility index (Phi) is 5.11. The lowest BCUT2D eigenvalue weighted by atomic mass is 10.2. The Morgan fingerprint density at radius 1 is 1.40 bits per heavy atom. The first kappa shape index (κ1) is 15.0. The van der Waals surface area contributed by atoms with Crippen molar-refractivity contribution in [3.63, 3.8) is 0 Å². The van der Waals surface area contributed by atoms with E-state index in [4.69, 9.17) is 27.9 Å². The molecule has 0 aliphatic rings. The molecule has 7 heteroatoms. The zero-order chi connectivity index (χ0) is 14.5. The van der Waals surface area contributed by atoms with Crippen LogP contribution in [0.1, 0.15) is 5.56 Å². The van der Waals surface area contributed by atoms with Crippen LogP contribution in [0, 0.1) is 0 Å². The average molecular weight is 316 g/mol. The zero-order valence-corrected chi connectivity index (χ0v) is 12.4. The standard InChI is InChI=1S/C13H15Cl2N3O2/c1-20-3-2-18-8-11(7-17-18)16-6-9-4-10(14)5-12(15)13(9)19/h4-5,7-8,16,19H,2-3,6H2,1H3. The molecule has 2 aromatic rings. The van der Waals surface area contributed by atoms with Gasteiger partial charge in [0, 0.05) is 30.4 Å². The van der Waals surface area contributed by atoms with Crippen molar-refractivity contribution in [2.45, 2.75) is 13.1 Å². The summed E-state index contributed by atoms with van der Waals surface area (Å²) in [6.45, 7) is 1.69. The highest BCUT2D eigenvalue weighted by Crippen LogP contribution is 2.31. The smallest absolute Gasteiger partial charge is 0.139 e. The molecule has 0 radical (unpaired) electrons. The highest BCUT2D eigenvalue weighted by atomic mass is 35.5. The predicted octanol–water partition coefficient (Wildman–Crippen LogP) is 3.15. The molecule has 1 heterocycles. The predicted molar refractivity (Wildman–Crippen MR) is 79.6 cm³/mol. The van der Waals surface area contributed by atoms with Gasteiger partial charge in [0.1, 0.15) is 5.75 Å². The van der Waals surface area contributed by atoms with Crippen molar-refractivity contribution in [3.05, 3.63) is 40.1 Å². The molecular formula is C13H15Cl2N3O2. The number of halogens is 2. The Balaban J connectivity index is 2.00. The van der Waals surface area contributed by atoms with Gasteiger partial charge in [-0.1, -0.05) is 23.2 Å². The third-order valence-corrected chi connectivity index (χ3v) is 3.25. The van der Waals surface area contributed by atoms with E-state index in [9.17, 15) is 5.11 Å². The highest BCUT2D eigenvalue weighted by Gasteiger charge is 2.08. The molecule has 0 aliphatic carbocycles. The van der Waals surface area contributed by atoms with E-state index < -0.39 is 0 Å². The van der Waals surface area contributed by atoms with Crippen LogP contribution >= 0.6 is 23.2 Å². The molecule has 1 aromatic heterocycles. The van der Waals surface area contributed by atoms with Gasteiger partial charge in [-0.2, -0.15) is 5.10 Å². The first-order valence-corrected chi connectivity index (χ1v) is 6.78. The van der Waals surface area contributed by atoms with Gasteiger partial charge in [0.15, 0.2) is 0 Å². The number of hydrogen-bond donors (Lipinski definition) is 2. The second-order valence-corrected chi connectivity index (χ2v) is 5.08. The Morgan fingerprint density at radius 2 is 2.20 bits per heavy atom. The second kappa shape index (κ2) is 6.83. The Bertz CT molecular complexity index is 587. The summed E-state index contributed by atoms with van der Waals surface area (Å²) in [4.78, 5) is 0. The minimum atomic E-state index is 0.0374. The van der Waals surface area contributed by atoms with Crippen molar-refractivity contribution >= 4 is 28.9 Å². The number of aromatic nitrogens is 2. The average Bonchev–Trinajstić information content (AvgIpc) is 2.86. The Hall–Kier alpha value is -1.43. The fraction of sp³-hybridized carbons (Fsp3) is 0.308. The largest absolute Gasteiger partial charge is 0.506 e. The second-order valence-electron chi connectivity index (χ2n) is 4.23. The van der Waals surface area contributed by atoms with Crippen LogP contribution in [0.25, 0.3) is 0 Å². The van der Waals surface area contributed by atoms with Gasteiger partial charge in [0.05, 0.1) is 30.1 Å². The number of ether oxygens (including phenoxy) is 1. The summed E-state index contributed by atoms with van der Waals surface area (Å²) in [5.74, 6) is 0.0374. The molecule has 0 amide bonds. The molecule has 1 aromatic carbocycles. The van der Waals surface area contributed by atoms with Gasteiger partial charge in [-0.25, -0.2) is 0 Å². The van der Waals surface area contributed by atoms with Crippen LogP contribution in [0.15, 0.2) is 24.5 Å². The quantitative estimate of drug-likeness (QED) is 0.859. The van der Waals surface area contributed by atoms with Gasteiger partial charge in [-0.15, -0.1) is 0 Å². The van der Waals surface area contributed by atoms with Crippen molar-refractivity contribution in [2.24, 2.45) is 0 Å². The van der Waals surface area contributed by atoms with Crippen LogP contribution in [0.3, 0.4) is 0 Å². The number of hydrogen-bond acceptors (Lipinski definition) is 4. The fourth-order valence-electron chi connectivity index (χ4n) is 1.71. The number of nitrogens with zero attached hydrogens (tertiary/aromatic N) is 2. The molecule has 108 valence electrons. The van der Waals surface area contributed by atoms with E-state index in [0.717, 1.165) is 5.69 Å². The summed E-state index contributed by atoms with van der Waals surface area (Å²) in [6, 6.07) is 3.18. The highest BCUT2D eigenvalue weighted by molar-refractivity contribution is 6.35. The lowest BCUT2D eigenvalue weighted by molar-refractivity contribution is 0.183. The van der Waals surface area contributed by atoms with E-state index in [1.807, 2.05) is 6.20 Å². The number of phenols is 1. The molecular weight excluding hydrogens is 301 g/mol. The monoisotopic (exact) mass is 315 g/mol. The molecule has 20 heavy (non-hydrogen) atoms. The molecule has 0 fully saturated rings. The van der Waals surface area contributed by atoms with Crippen molar-refractivity contribution in [1.82, 2.24) is 9.78 Å². The lowest BCUT2D eigenvalue weighted by Gasteiger charge is -2.08. The van der Waals surface area contributed by atoms with Gasteiger partial charge < -0.3 is 15.2 Å². The van der Waals surface area contributed by atoms with E-state index in [1.165, 1.54) is 6.07 Å². The van der Waals surface area contributed by atoms with Crippen molar-refractivity contribution < 1.29 is 9.84 Å². The maximum Gasteiger partial charge on any atom is 0.139 e. The summed E-state index contributed by atoms with van der Waals surface area (Å²) in [5, 5.41) is 17.9. The summed E-state index contributed by atoms with van der Waals surface area (Å²) < 4.78 is 6.76. The summed E-state index contributed by atoms with van der Waals surface area (Å²) in [5.41, 5.74) is 1.48. The minimum Gasteiger partial charge on any atom is -0.506 e. The van der Waals surface area contributed by atoms with Crippen LogP contribution in [-0.4, -0.2) is 28.6 Å². The van der Waals surface area contributed by atoms with Crippen LogP contribution in [0.4, 0.5) is 5.69 Å². The van der Waals surface area contributed by atoms with Gasteiger partial charge in [0.25, 0.3) is 0 Å². The molecule has 0 atom stereocenters. The first-order valence-electron chi connectivity index (χ1n) is 6.02. The number of aromatic hydroxyl groups is 1. The maximum atomic E-state index is 9.85. The molecule has 0 spiro atoms. The first-order chi connectivity index (χ1) is 9.60. The third kappa shape index (κ3) is 3.79. The Morgan fingerprint density at radius 3 is 2.95 bits per heavy atom. The topological polar surface area (TPSA) is 59.3 Å². The molecule has 2 rings (SSSR count). The van der Waals surface area contributed by atoms with E-state index in [1.54, 1.807) is 24.1 Å². The number of phenolic OH excluding ortho intramolecular Hbond substituents is 1. The van der Waals surface area contributed by atoms with Crippen LogP contribution in [0.2, 0.25) is 10.0 Å². The van der Waals surface area contributed by atoms with Crippen LogP contribution < -0.4 is 5.32 Å². The summed E-state index contributed by atoms with van der Waals surface area (Å²) >= 11 is 11.8. The van der Waals surface area contributed by atoms with Gasteiger partial charge in [-0.3, -0.25) is 4.68 Å². The lowest BCUT2D eigenvalue weighted by Crippen LogP contribution is -2.04. The van der Waals surface area contributed by atoms with Crippen LogP contribution in [-0.2, 0) is 17.8 Å². The normalized spacial score (nSPS) is 10.8. The molecule has 0 saturated carbocycles. The third-order valence-electron chi connectivity index (χ3n) is 2.75. The molecule has 5 nitrogen and oxygen atoms in total. The SMILES string of the molecule is COCCn1cc(NCc2cc(Cl)cc(Cl)c2O)cn1.